The number of carbonyl (C=O) groups excluding carboxylic acids is 2. The van der Waals surface area contributed by atoms with E-state index in [4.69, 9.17) is 21.1 Å². The number of urea groups is 1. The van der Waals surface area contributed by atoms with Gasteiger partial charge in [0.25, 0.3) is 5.91 Å². The molecule has 8 heteroatoms. The zero-order valence-electron chi connectivity index (χ0n) is 15.3. The van der Waals surface area contributed by atoms with E-state index in [-0.39, 0.29) is 17.8 Å². The van der Waals surface area contributed by atoms with E-state index >= 15 is 0 Å². The number of hydrogen-bond acceptors (Lipinski definition) is 4. The van der Waals surface area contributed by atoms with Crippen LogP contribution in [-0.2, 0) is 11.3 Å². The lowest BCUT2D eigenvalue weighted by Gasteiger charge is -2.12. The topological polar surface area (TPSA) is 67.9 Å². The summed E-state index contributed by atoms with van der Waals surface area (Å²) in [5.74, 6) is -0.143. The highest BCUT2D eigenvalue weighted by atomic mass is 35.5. The van der Waals surface area contributed by atoms with Crippen molar-refractivity contribution >= 4 is 29.6 Å². The number of amides is 3. The normalized spacial score (nSPS) is 15.1. The van der Waals surface area contributed by atoms with Crippen LogP contribution in [0.2, 0.25) is 5.02 Å². The zero-order chi connectivity index (χ0) is 20.3. The third kappa shape index (κ3) is 3.94. The second kappa shape index (κ2) is 8.31. The first kappa shape index (κ1) is 19.7. The summed E-state index contributed by atoms with van der Waals surface area (Å²) in [5, 5.41) is 2.82. The lowest BCUT2D eigenvalue weighted by Crippen LogP contribution is -2.30. The van der Waals surface area contributed by atoms with Gasteiger partial charge in [-0.15, -0.1) is 0 Å². The molecule has 1 heterocycles. The highest BCUT2D eigenvalue weighted by molar-refractivity contribution is 6.32. The molecule has 0 spiro atoms. The summed E-state index contributed by atoms with van der Waals surface area (Å²) in [6.07, 6.45) is 1.45. The van der Waals surface area contributed by atoms with Crippen LogP contribution in [0, 0.1) is 5.82 Å². The van der Waals surface area contributed by atoms with Gasteiger partial charge in [-0.25, -0.2) is 9.18 Å². The molecule has 3 amide bonds. The number of imide groups is 1. The first-order chi connectivity index (χ1) is 13.4. The fraction of sp³-hybridized carbons (Fsp3) is 0.200. The third-order valence-electron chi connectivity index (χ3n) is 4.13. The Morgan fingerprint density at radius 1 is 1.21 bits per heavy atom. The van der Waals surface area contributed by atoms with E-state index in [1.807, 2.05) is 6.92 Å². The molecular weight excluding hydrogens is 387 g/mol. The van der Waals surface area contributed by atoms with Crippen LogP contribution in [0.1, 0.15) is 18.1 Å². The van der Waals surface area contributed by atoms with Crippen LogP contribution >= 0.6 is 11.6 Å². The molecule has 1 aliphatic heterocycles. The number of nitrogens with one attached hydrogen (secondary N) is 1. The van der Waals surface area contributed by atoms with Crippen molar-refractivity contribution < 1.29 is 23.5 Å². The fourth-order valence-electron chi connectivity index (χ4n) is 2.76. The maximum Gasteiger partial charge on any atom is 0.329 e. The van der Waals surface area contributed by atoms with Crippen LogP contribution in [0.4, 0.5) is 9.18 Å². The average molecular weight is 405 g/mol. The molecule has 146 valence electrons. The third-order valence-corrected chi connectivity index (χ3v) is 4.46. The van der Waals surface area contributed by atoms with Gasteiger partial charge in [-0.2, -0.15) is 0 Å². The Morgan fingerprint density at radius 3 is 2.64 bits per heavy atom. The van der Waals surface area contributed by atoms with E-state index in [1.54, 1.807) is 18.2 Å². The van der Waals surface area contributed by atoms with Crippen LogP contribution in [0.15, 0.2) is 42.1 Å². The zero-order valence-corrected chi connectivity index (χ0v) is 16.0. The SMILES string of the molecule is CCOc1cc(Cl)c(/C=C2/NC(=O)N(Cc3ccccc3F)C2=O)cc1OC. The van der Waals surface area contributed by atoms with Gasteiger partial charge in [-0.05, 0) is 30.7 Å². The molecule has 0 bridgehead atoms. The number of ether oxygens (including phenoxy) is 2. The predicted molar refractivity (Wildman–Crippen MR) is 103 cm³/mol. The number of methoxy groups -OCH3 is 1. The number of carbonyl (C=O) groups is 2. The number of hydrogen-bond donors (Lipinski definition) is 1. The van der Waals surface area contributed by atoms with Gasteiger partial charge in [-0.3, -0.25) is 9.69 Å². The summed E-state index contributed by atoms with van der Waals surface area (Å²) in [6.45, 7) is 2.10. The van der Waals surface area contributed by atoms with Crippen LogP contribution < -0.4 is 14.8 Å². The average Bonchev–Trinajstić information content (AvgIpc) is 2.93. The van der Waals surface area contributed by atoms with Gasteiger partial charge in [0.05, 0.1) is 25.3 Å². The van der Waals surface area contributed by atoms with Gasteiger partial charge in [-0.1, -0.05) is 29.8 Å². The largest absolute Gasteiger partial charge is 0.493 e. The Balaban J connectivity index is 1.88. The number of rotatable bonds is 6. The van der Waals surface area contributed by atoms with Gasteiger partial charge < -0.3 is 14.8 Å². The highest BCUT2D eigenvalue weighted by Crippen LogP contribution is 2.34. The summed E-state index contributed by atoms with van der Waals surface area (Å²) >= 11 is 6.28. The molecule has 0 unspecified atom stereocenters. The van der Waals surface area contributed by atoms with Gasteiger partial charge >= 0.3 is 6.03 Å². The van der Waals surface area contributed by atoms with E-state index in [2.05, 4.69) is 5.32 Å². The molecule has 0 aliphatic carbocycles. The predicted octanol–water partition coefficient (Wildman–Crippen LogP) is 3.98. The van der Waals surface area contributed by atoms with E-state index in [9.17, 15) is 14.0 Å². The summed E-state index contributed by atoms with van der Waals surface area (Å²) in [4.78, 5) is 25.8. The molecule has 0 saturated carbocycles. The van der Waals surface area contributed by atoms with Crippen LogP contribution in [0.3, 0.4) is 0 Å². The van der Waals surface area contributed by atoms with Gasteiger partial charge in [0.2, 0.25) is 0 Å². The van der Waals surface area contributed by atoms with Crippen molar-refractivity contribution in [3.05, 3.63) is 64.1 Å². The minimum Gasteiger partial charge on any atom is -0.493 e. The van der Waals surface area contributed by atoms with E-state index in [1.165, 1.54) is 31.4 Å². The first-order valence-corrected chi connectivity index (χ1v) is 8.90. The highest BCUT2D eigenvalue weighted by Gasteiger charge is 2.34. The second-order valence-electron chi connectivity index (χ2n) is 5.93. The summed E-state index contributed by atoms with van der Waals surface area (Å²) in [6, 6.07) is 8.53. The molecule has 3 rings (SSSR count). The van der Waals surface area contributed by atoms with Crippen molar-refractivity contribution in [2.45, 2.75) is 13.5 Å². The van der Waals surface area contributed by atoms with E-state index in [0.717, 1.165) is 4.90 Å². The van der Waals surface area contributed by atoms with Crippen molar-refractivity contribution in [3.8, 4) is 11.5 Å². The van der Waals surface area contributed by atoms with Crippen molar-refractivity contribution in [3.63, 3.8) is 0 Å². The fourth-order valence-corrected chi connectivity index (χ4v) is 2.97. The molecule has 0 radical (unpaired) electrons. The van der Waals surface area contributed by atoms with Crippen molar-refractivity contribution in [1.82, 2.24) is 10.2 Å². The lowest BCUT2D eigenvalue weighted by molar-refractivity contribution is -0.123. The van der Waals surface area contributed by atoms with Gasteiger partial charge in [0.1, 0.15) is 11.5 Å². The molecule has 0 aromatic heterocycles. The number of halogens is 2. The smallest absolute Gasteiger partial charge is 0.329 e. The van der Waals surface area contributed by atoms with Crippen molar-refractivity contribution in [2.24, 2.45) is 0 Å². The first-order valence-electron chi connectivity index (χ1n) is 8.52. The Kier molecular flexibility index (Phi) is 5.84. The quantitative estimate of drug-likeness (QED) is 0.584. The molecule has 6 nitrogen and oxygen atoms in total. The molecule has 1 saturated heterocycles. The Morgan fingerprint density at radius 2 is 1.96 bits per heavy atom. The minimum absolute atomic E-state index is 0.0365. The molecular formula is C20H18ClFN2O4. The Bertz CT molecular complexity index is 961. The maximum absolute atomic E-state index is 13.9. The molecule has 2 aromatic rings. The van der Waals surface area contributed by atoms with Crippen molar-refractivity contribution in [2.75, 3.05) is 13.7 Å². The molecule has 0 atom stereocenters. The molecule has 1 aliphatic rings. The molecule has 1 N–H and O–H groups in total. The molecule has 1 fully saturated rings. The van der Waals surface area contributed by atoms with Crippen LogP contribution in [-0.4, -0.2) is 30.6 Å². The van der Waals surface area contributed by atoms with Gasteiger partial charge in [0, 0.05) is 11.6 Å². The minimum atomic E-state index is -0.631. The summed E-state index contributed by atoms with van der Waals surface area (Å²) < 4.78 is 24.6. The Hall–Kier alpha value is -3.06. The number of benzene rings is 2. The summed E-state index contributed by atoms with van der Waals surface area (Å²) in [7, 11) is 1.49. The van der Waals surface area contributed by atoms with Gasteiger partial charge in [0.15, 0.2) is 11.5 Å². The molecule has 28 heavy (non-hydrogen) atoms. The van der Waals surface area contributed by atoms with Crippen molar-refractivity contribution in [1.29, 1.82) is 0 Å². The van der Waals surface area contributed by atoms with Crippen LogP contribution in [0.5, 0.6) is 11.5 Å². The van der Waals surface area contributed by atoms with E-state index < -0.39 is 17.8 Å². The number of nitrogens with zero attached hydrogens (tertiary/aromatic N) is 1. The second-order valence-corrected chi connectivity index (χ2v) is 6.34. The standard InChI is InChI=1S/C20H18ClFN2O4/c1-3-28-18-10-14(21)13(9-17(18)27-2)8-16-19(25)24(20(26)23-16)11-12-6-4-5-7-15(12)22/h4-10H,3,11H2,1-2H3,(H,23,26)/b16-8+. The van der Waals surface area contributed by atoms with E-state index in [0.29, 0.717) is 28.7 Å². The Labute approximate surface area is 166 Å². The van der Waals surface area contributed by atoms with Crippen LogP contribution in [0.25, 0.3) is 6.08 Å². The lowest BCUT2D eigenvalue weighted by atomic mass is 10.1. The monoisotopic (exact) mass is 404 g/mol. The molecule has 2 aromatic carbocycles. The summed E-state index contributed by atoms with van der Waals surface area (Å²) in [5.41, 5.74) is 0.751. The maximum atomic E-state index is 13.9.